The molecule has 4 aromatic rings. The van der Waals surface area contributed by atoms with E-state index in [-0.39, 0.29) is 5.78 Å². The van der Waals surface area contributed by atoms with Gasteiger partial charge in [0, 0.05) is 16.9 Å². The number of aromatic nitrogens is 3. The van der Waals surface area contributed by atoms with Crippen molar-refractivity contribution in [3.8, 4) is 5.69 Å². The highest BCUT2D eigenvalue weighted by atomic mass is 32.2. The Bertz CT molecular complexity index is 1150. The summed E-state index contributed by atoms with van der Waals surface area (Å²) in [6.07, 6.45) is 0. The number of rotatable bonds is 8. The Labute approximate surface area is 186 Å². The van der Waals surface area contributed by atoms with Gasteiger partial charge in [-0.15, -0.1) is 10.2 Å². The smallest absolute Gasteiger partial charge is 0.196 e. The van der Waals surface area contributed by atoms with Gasteiger partial charge < -0.3 is 5.32 Å². The molecule has 0 aliphatic heterocycles. The number of carbonyl (C=O) groups excluding carboxylic acids is 1. The maximum Gasteiger partial charge on any atom is 0.196 e. The van der Waals surface area contributed by atoms with E-state index in [0.717, 1.165) is 22.8 Å². The molecule has 5 nitrogen and oxygen atoms in total. The number of ketones is 1. The van der Waals surface area contributed by atoms with Crippen molar-refractivity contribution in [1.82, 2.24) is 14.8 Å². The summed E-state index contributed by atoms with van der Waals surface area (Å²) in [5.41, 5.74) is 5.06. The third-order valence-electron chi connectivity index (χ3n) is 4.92. The number of hydrogen-bond donors (Lipinski definition) is 1. The minimum Gasteiger partial charge on any atom is -0.378 e. The maximum absolute atomic E-state index is 12.6. The van der Waals surface area contributed by atoms with Crippen molar-refractivity contribution in [2.45, 2.75) is 25.5 Å². The zero-order chi connectivity index (χ0) is 21.6. The summed E-state index contributed by atoms with van der Waals surface area (Å²) in [4.78, 5) is 12.6. The molecule has 1 heterocycles. The molecule has 0 atom stereocenters. The quantitative estimate of drug-likeness (QED) is 0.298. The highest BCUT2D eigenvalue weighted by Gasteiger charge is 2.16. The van der Waals surface area contributed by atoms with Gasteiger partial charge in [-0.1, -0.05) is 77.5 Å². The van der Waals surface area contributed by atoms with Crippen LogP contribution in [0.25, 0.3) is 5.69 Å². The van der Waals surface area contributed by atoms with Gasteiger partial charge in [-0.3, -0.25) is 9.36 Å². The molecule has 4 rings (SSSR count). The van der Waals surface area contributed by atoms with Crippen LogP contribution in [0.3, 0.4) is 0 Å². The standard InChI is InChI=1S/C25H24N4OS/c1-18-8-12-20(13-9-18)23(30)17-31-25-28-27-24(29(25)22-6-4-3-5-7-22)16-26-21-14-10-19(2)11-15-21/h3-15,26H,16-17H2,1-2H3. The number of carbonyl (C=O) groups is 1. The van der Waals surface area contributed by atoms with Gasteiger partial charge in [-0.2, -0.15) is 0 Å². The molecule has 0 spiro atoms. The van der Waals surface area contributed by atoms with Crippen molar-refractivity contribution in [2.75, 3.05) is 11.1 Å². The van der Waals surface area contributed by atoms with E-state index < -0.39 is 0 Å². The Morgan fingerprint density at radius 3 is 2.19 bits per heavy atom. The minimum atomic E-state index is 0.0759. The van der Waals surface area contributed by atoms with Crippen LogP contribution in [0.2, 0.25) is 0 Å². The van der Waals surface area contributed by atoms with Crippen LogP contribution >= 0.6 is 11.8 Å². The van der Waals surface area contributed by atoms with Gasteiger partial charge in [0.1, 0.15) is 0 Å². The lowest BCUT2D eigenvalue weighted by Gasteiger charge is -2.11. The van der Waals surface area contributed by atoms with Crippen molar-refractivity contribution in [2.24, 2.45) is 0 Å². The molecule has 0 saturated carbocycles. The van der Waals surface area contributed by atoms with E-state index >= 15 is 0 Å². The van der Waals surface area contributed by atoms with E-state index in [4.69, 9.17) is 0 Å². The summed E-state index contributed by atoms with van der Waals surface area (Å²) < 4.78 is 2.01. The molecule has 0 aliphatic rings. The number of hydrogen-bond acceptors (Lipinski definition) is 5. The number of Topliss-reactive ketones (excluding diaryl/α,β-unsaturated/α-hetero) is 1. The van der Waals surface area contributed by atoms with Gasteiger partial charge in [0.05, 0.1) is 12.3 Å². The van der Waals surface area contributed by atoms with Crippen molar-refractivity contribution in [3.63, 3.8) is 0 Å². The second-order valence-electron chi connectivity index (χ2n) is 7.37. The number of aryl methyl sites for hydroxylation is 2. The Balaban J connectivity index is 1.53. The molecule has 0 fully saturated rings. The van der Waals surface area contributed by atoms with Crippen LogP contribution in [-0.4, -0.2) is 26.3 Å². The van der Waals surface area contributed by atoms with E-state index in [1.807, 2.05) is 66.1 Å². The summed E-state index contributed by atoms with van der Waals surface area (Å²) in [7, 11) is 0. The van der Waals surface area contributed by atoms with Gasteiger partial charge in [0.15, 0.2) is 16.8 Å². The normalized spacial score (nSPS) is 10.8. The van der Waals surface area contributed by atoms with Crippen LogP contribution in [0.4, 0.5) is 5.69 Å². The second-order valence-corrected chi connectivity index (χ2v) is 8.31. The van der Waals surface area contributed by atoms with E-state index in [1.165, 1.54) is 17.3 Å². The summed E-state index contributed by atoms with van der Waals surface area (Å²) in [6, 6.07) is 25.9. The number of para-hydroxylation sites is 1. The molecule has 31 heavy (non-hydrogen) atoms. The molecule has 156 valence electrons. The van der Waals surface area contributed by atoms with Crippen LogP contribution in [0, 0.1) is 13.8 Å². The van der Waals surface area contributed by atoms with Crippen molar-refractivity contribution in [3.05, 3.63) is 101 Å². The summed E-state index contributed by atoms with van der Waals surface area (Å²) in [5, 5.41) is 12.9. The molecule has 0 amide bonds. The van der Waals surface area contributed by atoms with Crippen LogP contribution in [-0.2, 0) is 6.54 Å². The Hall–Kier alpha value is -3.38. The van der Waals surface area contributed by atoms with Gasteiger partial charge in [-0.25, -0.2) is 0 Å². The Morgan fingerprint density at radius 1 is 0.871 bits per heavy atom. The average Bonchev–Trinajstić information content (AvgIpc) is 3.21. The molecule has 0 unspecified atom stereocenters. The monoisotopic (exact) mass is 428 g/mol. The number of nitrogens with zero attached hydrogens (tertiary/aromatic N) is 3. The van der Waals surface area contributed by atoms with Crippen LogP contribution in [0.15, 0.2) is 84.0 Å². The largest absolute Gasteiger partial charge is 0.378 e. The fourth-order valence-electron chi connectivity index (χ4n) is 3.15. The lowest BCUT2D eigenvalue weighted by Crippen LogP contribution is -2.09. The van der Waals surface area contributed by atoms with Crippen LogP contribution in [0.1, 0.15) is 27.3 Å². The summed E-state index contributed by atoms with van der Waals surface area (Å²) in [6.45, 7) is 4.60. The van der Waals surface area contributed by atoms with Crippen molar-refractivity contribution < 1.29 is 4.79 Å². The molecular formula is C25H24N4OS. The van der Waals surface area contributed by atoms with Gasteiger partial charge in [0.25, 0.3) is 0 Å². The van der Waals surface area contributed by atoms with Crippen LogP contribution in [0.5, 0.6) is 0 Å². The van der Waals surface area contributed by atoms with E-state index in [0.29, 0.717) is 23.0 Å². The molecule has 1 N–H and O–H groups in total. The number of anilines is 1. The van der Waals surface area contributed by atoms with Crippen molar-refractivity contribution >= 4 is 23.2 Å². The summed E-state index contributed by atoms with van der Waals surface area (Å²) in [5.74, 6) is 1.17. The lowest BCUT2D eigenvalue weighted by atomic mass is 10.1. The first-order valence-electron chi connectivity index (χ1n) is 10.1. The summed E-state index contributed by atoms with van der Waals surface area (Å²) >= 11 is 1.41. The average molecular weight is 429 g/mol. The molecule has 0 saturated heterocycles. The SMILES string of the molecule is Cc1ccc(NCc2nnc(SCC(=O)c3ccc(C)cc3)n2-c2ccccc2)cc1. The maximum atomic E-state index is 12.6. The van der Waals surface area contributed by atoms with E-state index in [1.54, 1.807) is 0 Å². The minimum absolute atomic E-state index is 0.0759. The van der Waals surface area contributed by atoms with Gasteiger partial charge in [0.2, 0.25) is 0 Å². The number of thioether (sulfide) groups is 1. The predicted molar refractivity (Wildman–Crippen MR) is 126 cm³/mol. The van der Waals surface area contributed by atoms with Gasteiger partial charge >= 0.3 is 0 Å². The number of nitrogens with one attached hydrogen (secondary N) is 1. The van der Waals surface area contributed by atoms with E-state index in [9.17, 15) is 4.79 Å². The highest BCUT2D eigenvalue weighted by molar-refractivity contribution is 7.99. The topological polar surface area (TPSA) is 59.8 Å². The lowest BCUT2D eigenvalue weighted by molar-refractivity contribution is 0.102. The predicted octanol–water partition coefficient (Wildman–Crippen LogP) is 5.47. The Morgan fingerprint density at radius 2 is 1.52 bits per heavy atom. The molecular weight excluding hydrogens is 404 g/mol. The first-order valence-corrected chi connectivity index (χ1v) is 11.1. The zero-order valence-electron chi connectivity index (χ0n) is 17.6. The number of benzene rings is 3. The van der Waals surface area contributed by atoms with Crippen LogP contribution < -0.4 is 5.32 Å². The molecule has 3 aromatic carbocycles. The molecule has 0 radical (unpaired) electrons. The first kappa shape index (κ1) is 20.9. The first-order chi connectivity index (χ1) is 15.1. The Kier molecular flexibility index (Phi) is 6.48. The second kappa shape index (κ2) is 9.62. The zero-order valence-corrected chi connectivity index (χ0v) is 18.4. The highest BCUT2D eigenvalue weighted by Crippen LogP contribution is 2.24. The molecule has 0 aliphatic carbocycles. The molecule has 0 bridgehead atoms. The fraction of sp³-hybridized carbons (Fsp3) is 0.160. The third kappa shape index (κ3) is 5.22. The van der Waals surface area contributed by atoms with E-state index in [2.05, 4.69) is 46.7 Å². The van der Waals surface area contributed by atoms with Gasteiger partial charge in [-0.05, 0) is 38.1 Å². The third-order valence-corrected chi connectivity index (χ3v) is 5.85. The molecule has 6 heteroatoms. The van der Waals surface area contributed by atoms with Crippen molar-refractivity contribution in [1.29, 1.82) is 0 Å². The fourth-order valence-corrected chi connectivity index (χ4v) is 4.02. The molecule has 1 aromatic heterocycles.